The zero-order valence-corrected chi connectivity index (χ0v) is 14.6. The van der Waals surface area contributed by atoms with Crippen LogP contribution in [0.25, 0.3) is 11.3 Å². The molecule has 140 valence electrons. The summed E-state index contributed by atoms with van der Waals surface area (Å²) in [5, 5.41) is 40.7. The molecule has 26 heavy (non-hydrogen) atoms. The van der Waals surface area contributed by atoms with Gasteiger partial charge in [-0.25, -0.2) is 4.68 Å². The molecule has 1 amide bonds. The maximum atomic E-state index is 12.7. The Morgan fingerprint density at radius 3 is 2.42 bits per heavy atom. The zero-order chi connectivity index (χ0) is 18.8. The summed E-state index contributed by atoms with van der Waals surface area (Å²) in [6, 6.07) is 8.06. The number of amides is 1. The van der Waals surface area contributed by atoms with Gasteiger partial charge in [0.05, 0.1) is 37.4 Å². The number of carbonyl (C=O) groups is 1. The van der Waals surface area contributed by atoms with Crippen LogP contribution >= 0.6 is 0 Å². The van der Waals surface area contributed by atoms with Crippen LogP contribution in [0.2, 0.25) is 0 Å². The summed E-state index contributed by atoms with van der Waals surface area (Å²) < 4.78 is 1.43. The third-order valence-corrected chi connectivity index (χ3v) is 4.56. The standard InChI is InChI=1S/C17H23N5O4/c1-21(2)17(26)14-13(10-6-4-3-5-7-10)19-20-22(14)8-11-15(24)16(25)12(9-23)18-11/h3-7,11-12,15-16,18,23-25H,8-9H2,1-2H3/t11-,12-,15-,16-/m1/s1. The normalized spacial score (nSPS) is 25.4. The highest BCUT2D eigenvalue weighted by Crippen LogP contribution is 2.23. The Morgan fingerprint density at radius 2 is 1.85 bits per heavy atom. The number of nitrogens with one attached hydrogen (secondary N) is 1. The van der Waals surface area contributed by atoms with E-state index in [1.54, 1.807) is 14.1 Å². The minimum absolute atomic E-state index is 0.128. The number of hydrogen-bond acceptors (Lipinski definition) is 7. The molecule has 0 saturated carbocycles. The molecule has 1 saturated heterocycles. The molecule has 9 nitrogen and oxygen atoms in total. The van der Waals surface area contributed by atoms with Crippen molar-refractivity contribution in [2.24, 2.45) is 0 Å². The summed E-state index contributed by atoms with van der Waals surface area (Å²) in [5.41, 5.74) is 1.52. The smallest absolute Gasteiger partial charge is 0.273 e. The van der Waals surface area contributed by atoms with E-state index in [-0.39, 0.29) is 19.1 Å². The van der Waals surface area contributed by atoms with Gasteiger partial charge in [0.15, 0.2) is 5.69 Å². The molecule has 0 radical (unpaired) electrons. The van der Waals surface area contributed by atoms with Crippen molar-refractivity contribution in [1.29, 1.82) is 0 Å². The van der Waals surface area contributed by atoms with E-state index in [0.29, 0.717) is 11.4 Å². The Morgan fingerprint density at radius 1 is 1.19 bits per heavy atom. The van der Waals surface area contributed by atoms with Crippen LogP contribution in [0.5, 0.6) is 0 Å². The van der Waals surface area contributed by atoms with E-state index in [9.17, 15) is 20.1 Å². The highest BCUT2D eigenvalue weighted by Gasteiger charge is 2.41. The lowest BCUT2D eigenvalue weighted by Gasteiger charge is -2.18. The summed E-state index contributed by atoms with van der Waals surface area (Å²) >= 11 is 0. The number of carbonyl (C=O) groups excluding carboxylic acids is 1. The van der Waals surface area contributed by atoms with Gasteiger partial charge in [-0.2, -0.15) is 0 Å². The molecule has 9 heteroatoms. The number of aliphatic hydroxyl groups excluding tert-OH is 3. The lowest BCUT2D eigenvalue weighted by Crippen LogP contribution is -2.39. The van der Waals surface area contributed by atoms with E-state index >= 15 is 0 Å². The summed E-state index contributed by atoms with van der Waals surface area (Å²) in [6.07, 6.45) is -2.17. The summed E-state index contributed by atoms with van der Waals surface area (Å²) in [7, 11) is 3.28. The van der Waals surface area contributed by atoms with Gasteiger partial charge in [-0.15, -0.1) is 5.10 Å². The van der Waals surface area contributed by atoms with Gasteiger partial charge in [-0.1, -0.05) is 35.5 Å². The number of aromatic nitrogens is 3. The first-order valence-electron chi connectivity index (χ1n) is 8.37. The van der Waals surface area contributed by atoms with Crippen LogP contribution in [0.3, 0.4) is 0 Å². The fraction of sp³-hybridized carbons (Fsp3) is 0.471. The van der Waals surface area contributed by atoms with Crippen molar-refractivity contribution < 1.29 is 20.1 Å². The summed E-state index contributed by atoms with van der Waals surface area (Å²) in [4.78, 5) is 14.1. The molecule has 1 aromatic carbocycles. The fourth-order valence-corrected chi connectivity index (χ4v) is 3.11. The van der Waals surface area contributed by atoms with Gasteiger partial charge >= 0.3 is 0 Å². The van der Waals surface area contributed by atoms with Gasteiger partial charge in [0.1, 0.15) is 5.69 Å². The van der Waals surface area contributed by atoms with E-state index < -0.39 is 24.3 Å². The molecule has 0 bridgehead atoms. The van der Waals surface area contributed by atoms with Crippen molar-refractivity contribution in [3.63, 3.8) is 0 Å². The molecule has 0 unspecified atom stereocenters. The van der Waals surface area contributed by atoms with Crippen LogP contribution in [0.4, 0.5) is 0 Å². The molecule has 1 aliphatic heterocycles. The zero-order valence-electron chi connectivity index (χ0n) is 14.6. The minimum atomic E-state index is -1.09. The van der Waals surface area contributed by atoms with Crippen molar-refractivity contribution in [3.05, 3.63) is 36.0 Å². The lowest BCUT2D eigenvalue weighted by molar-refractivity contribution is 0.0174. The van der Waals surface area contributed by atoms with Crippen molar-refractivity contribution in [3.8, 4) is 11.3 Å². The first-order valence-corrected chi connectivity index (χ1v) is 8.37. The molecule has 2 aromatic rings. The maximum Gasteiger partial charge on any atom is 0.273 e. The van der Waals surface area contributed by atoms with Crippen LogP contribution in [0, 0.1) is 0 Å². The van der Waals surface area contributed by atoms with Gasteiger partial charge in [-0.3, -0.25) is 4.79 Å². The molecule has 3 rings (SSSR count). The van der Waals surface area contributed by atoms with Gasteiger partial charge in [0.2, 0.25) is 0 Å². The molecule has 1 fully saturated rings. The molecular formula is C17H23N5O4. The third-order valence-electron chi connectivity index (χ3n) is 4.56. The number of nitrogens with zero attached hydrogens (tertiary/aromatic N) is 4. The number of hydrogen-bond donors (Lipinski definition) is 4. The van der Waals surface area contributed by atoms with Crippen molar-refractivity contribution in [1.82, 2.24) is 25.2 Å². The van der Waals surface area contributed by atoms with Gasteiger partial charge in [0, 0.05) is 19.7 Å². The monoisotopic (exact) mass is 361 g/mol. The quantitative estimate of drug-likeness (QED) is 0.522. The van der Waals surface area contributed by atoms with Crippen LogP contribution in [-0.4, -0.2) is 86.1 Å². The Kier molecular flexibility index (Phi) is 5.33. The lowest BCUT2D eigenvalue weighted by atomic mass is 10.1. The highest BCUT2D eigenvalue weighted by atomic mass is 16.3. The minimum Gasteiger partial charge on any atom is -0.395 e. The largest absolute Gasteiger partial charge is 0.395 e. The summed E-state index contributed by atoms with van der Waals surface area (Å²) in [5.74, 6) is -0.263. The first kappa shape index (κ1) is 18.5. The topological polar surface area (TPSA) is 124 Å². The average molecular weight is 361 g/mol. The molecule has 0 spiro atoms. The van der Waals surface area contributed by atoms with Crippen LogP contribution in [0.15, 0.2) is 30.3 Å². The van der Waals surface area contributed by atoms with Crippen molar-refractivity contribution >= 4 is 5.91 Å². The van der Waals surface area contributed by atoms with E-state index in [4.69, 9.17) is 0 Å². The molecular weight excluding hydrogens is 338 g/mol. The molecule has 4 atom stereocenters. The Labute approximate surface area is 150 Å². The highest BCUT2D eigenvalue weighted by molar-refractivity contribution is 5.97. The van der Waals surface area contributed by atoms with Gasteiger partial charge in [0.25, 0.3) is 5.91 Å². The second kappa shape index (κ2) is 7.50. The van der Waals surface area contributed by atoms with Crippen molar-refractivity contribution in [2.75, 3.05) is 20.7 Å². The summed E-state index contributed by atoms with van der Waals surface area (Å²) in [6.45, 7) is -0.172. The van der Waals surface area contributed by atoms with E-state index in [1.165, 1.54) is 9.58 Å². The SMILES string of the molecule is CN(C)C(=O)c1c(-c2ccccc2)nnn1C[C@H]1N[C@H](CO)[C@@H](O)[C@@H]1O. The van der Waals surface area contributed by atoms with Crippen molar-refractivity contribution in [2.45, 2.75) is 30.8 Å². The average Bonchev–Trinajstić information content (AvgIpc) is 3.18. The number of rotatable bonds is 5. The molecule has 1 aliphatic rings. The predicted molar refractivity (Wildman–Crippen MR) is 93.3 cm³/mol. The fourth-order valence-electron chi connectivity index (χ4n) is 3.11. The Hall–Kier alpha value is -2.33. The van der Waals surface area contributed by atoms with Crippen LogP contribution in [-0.2, 0) is 6.54 Å². The van der Waals surface area contributed by atoms with Crippen LogP contribution < -0.4 is 5.32 Å². The van der Waals surface area contributed by atoms with Gasteiger partial charge < -0.3 is 25.5 Å². The first-order chi connectivity index (χ1) is 12.4. The maximum absolute atomic E-state index is 12.7. The second-order valence-electron chi connectivity index (χ2n) is 6.58. The van der Waals surface area contributed by atoms with E-state index in [0.717, 1.165) is 5.56 Å². The van der Waals surface area contributed by atoms with E-state index in [2.05, 4.69) is 15.6 Å². The predicted octanol–water partition coefficient (Wildman–Crippen LogP) is -1.30. The van der Waals surface area contributed by atoms with Gasteiger partial charge in [-0.05, 0) is 0 Å². The van der Waals surface area contributed by atoms with E-state index in [1.807, 2.05) is 30.3 Å². The third kappa shape index (κ3) is 3.34. The molecule has 1 aromatic heterocycles. The van der Waals surface area contributed by atoms with Crippen LogP contribution in [0.1, 0.15) is 10.5 Å². The second-order valence-corrected chi connectivity index (χ2v) is 6.58. The Bertz CT molecular complexity index is 764. The molecule has 0 aliphatic carbocycles. The molecule has 2 heterocycles. The Balaban J connectivity index is 1.95. The molecule has 4 N–H and O–H groups in total. The number of aliphatic hydroxyl groups is 3. The number of benzene rings is 1.